The second-order valence-corrected chi connectivity index (χ2v) is 7.11. The Bertz CT molecular complexity index is 786. The van der Waals surface area contributed by atoms with Crippen LogP contribution >= 0.6 is 0 Å². The van der Waals surface area contributed by atoms with Crippen LogP contribution in [0.3, 0.4) is 0 Å². The SMILES string of the molecule is CC1CCCCN1CCCNC(=O)c1noc2c1COc1ccccc1-2. The van der Waals surface area contributed by atoms with Crippen LogP contribution in [0.15, 0.2) is 28.8 Å². The van der Waals surface area contributed by atoms with Crippen LogP contribution in [0.4, 0.5) is 0 Å². The number of carbonyl (C=O) groups is 1. The van der Waals surface area contributed by atoms with Crippen LogP contribution in [0.2, 0.25) is 0 Å². The molecule has 1 N–H and O–H groups in total. The first kappa shape index (κ1) is 17.1. The number of likely N-dealkylation sites (tertiary alicyclic amines) is 1. The fraction of sp³-hybridized carbons (Fsp3) is 0.500. The highest BCUT2D eigenvalue weighted by atomic mass is 16.5. The van der Waals surface area contributed by atoms with E-state index in [4.69, 9.17) is 9.26 Å². The number of piperidine rings is 1. The molecule has 26 heavy (non-hydrogen) atoms. The summed E-state index contributed by atoms with van der Waals surface area (Å²) in [7, 11) is 0. The molecule has 0 saturated carbocycles. The Labute approximate surface area is 153 Å². The molecule has 6 nitrogen and oxygen atoms in total. The summed E-state index contributed by atoms with van der Waals surface area (Å²) in [5, 5.41) is 6.97. The van der Waals surface area contributed by atoms with Crippen molar-refractivity contribution in [2.24, 2.45) is 0 Å². The first-order valence-corrected chi connectivity index (χ1v) is 9.47. The minimum atomic E-state index is -0.190. The van der Waals surface area contributed by atoms with Crippen LogP contribution in [-0.2, 0) is 6.61 Å². The summed E-state index contributed by atoms with van der Waals surface area (Å²) in [4.78, 5) is 15.0. The number of nitrogens with one attached hydrogen (secondary N) is 1. The van der Waals surface area contributed by atoms with Crippen molar-refractivity contribution in [1.82, 2.24) is 15.4 Å². The molecule has 1 atom stereocenters. The molecule has 138 valence electrons. The Kier molecular flexibility index (Phi) is 4.93. The minimum Gasteiger partial charge on any atom is -0.488 e. The van der Waals surface area contributed by atoms with Gasteiger partial charge in [0.2, 0.25) is 0 Å². The van der Waals surface area contributed by atoms with Gasteiger partial charge in [-0.3, -0.25) is 4.79 Å². The standard InChI is InChI=1S/C20H25N3O3/c1-14-7-4-5-11-23(14)12-6-10-21-20(24)18-16-13-25-17-9-3-2-8-15(17)19(16)26-22-18/h2-3,8-9,14H,4-7,10-13H2,1H3,(H,21,24). The maximum Gasteiger partial charge on any atom is 0.273 e. The summed E-state index contributed by atoms with van der Waals surface area (Å²) in [6.45, 7) is 5.43. The van der Waals surface area contributed by atoms with E-state index in [0.29, 0.717) is 30.6 Å². The van der Waals surface area contributed by atoms with Crippen molar-refractivity contribution in [3.05, 3.63) is 35.5 Å². The molecule has 2 aromatic rings. The average molecular weight is 355 g/mol. The van der Waals surface area contributed by atoms with Gasteiger partial charge in [0.15, 0.2) is 11.5 Å². The van der Waals surface area contributed by atoms with E-state index < -0.39 is 0 Å². The van der Waals surface area contributed by atoms with Crippen molar-refractivity contribution >= 4 is 5.91 Å². The lowest BCUT2D eigenvalue weighted by molar-refractivity contribution is 0.0938. The van der Waals surface area contributed by atoms with E-state index in [-0.39, 0.29) is 5.91 Å². The van der Waals surface area contributed by atoms with Crippen molar-refractivity contribution in [3.63, 3.8) is 0 Å². The number of carbonyl (C=O) groups excluding carboxylic acids is 1. The van der Waals surface area contributed by atoms with Crippen molar-refractivity contribution in [1.29, 1.82) is 0 Å². The molecular formula is C20H25N3O3. The van der Waals surface area contributed by atoms with Crippen LogP contribution in [-0.4, -0.2) is 41.6 Å². The van der Waals surface area contributed by atoms with Gasteiger partial charge in [-0.25, -0.2) is 0 Å². The topological polar surface area (TPSA) is 67.6 Å². The molecule has 0 radical (unpaired) electrons. The Morgan fingerprint density at radius 2 is 2.23 bits per heavy atom. The summed E-state index contributed by atoms with van der Waals surface area (Å²) < 4.78 is 11.2. The number of aromatic nitrogens is 1. The van der Waals surface area contributed by atoms with Crippen molar-refractivity contribution in [3.8, 4) is 17.1 Å². The normalized spacial score (nSPS) is 19.3. The van der Waals surface area contributed by atoms with Gasteiger partial charge in [0.1, 0.15) is 12.4 Å². The van der Waals surface area contributed by atoms with Crippen molar-refractivity contribution in [2.45, 2.75) is 45.3 Å². The van der Waals surface area contributed by atoms with Gasteiger partial charge in [-0.1, -0.05) is 23.7 Å². The highest BCUT2D eigenvalue weighted by Crippen LogP contribution is 2.38. The summed E-state index contributed by atoms with van der Waals surface area (Å²) in [5.74, 6) is 1.21. The number of amides is 1. The number of rotatable bonds is 5. The number of para-hydroxylation sites is 1. The first-order chi connectivity index (χ1) is 12.7. The molecule has 1 fully saturated rings. The first-order valence-electron chi connectivity index (χ1n) is 9.47. The predicted octanol–water partition coefficient (Wildman–Crippen LogP) is 3.23. The molecule has 1 saturated heterocycles. The Morgan fingerprint density at radius 1 is 1.35 bits per heavy atom. The van der Waals surface area contributed by atoms with E-state index in [1.807, 2.05) is 24.3 Å². The van der Waals surface area contributed by atoms with Crippen molar-refractivity contribution < 1.29 is 14.1 Å². The zero-order valence-corrected chi connectivity index (χ0v) is 15.2. The Hall–Kier alpha value is -2.34. The second kappa shape index (κ2) is 7.50. The van der Waals surface area contributed by atoms with E-state index in [2.05, 4.69) is 22.3 Å². The maximum atomic E-state index is 12.5. The molecule has 3 heterocycles. The third kappa shape index (κ3) is 3.33. The average Bonchev–Trinajstić information content (AvgIpc) is 3.11. The highest BCUT2D eigenvalue weighted by Gasteiger charge is 2.28. The van der Waals surface area contributed by atoms with Crippen LogP contribution in [0.25, 0.3) is 11.3 Å². The molecule has 0 bridgehead atoms. The summed E-state index contributed by atoms with van der Waals surface area (Å²) in [6.07, 6.45) is 4.83. The number of nitrogens with zero attached hydrogens (tertiary/aromatic N) is 2. The zero-order chi connectivity index (χ0) is 17.9. The smallest absolute Gasteiger partial charge is 0.273 e. The lowest BCUT2D eigenvalue weighted by atomic mass is 10.0. The third-order valence-corrected chi connectivity index (χ3v) is 5.36. The largest absolute Gasteiger partial charge is 0.488 e. The molecule has 1 amide bonds. The van der Waals surface area contributed by atoms with E-state index in [1.54, 1.807) is 0 Å². The molecule has 4 rings (SSSR count). The fourth-order valence-electron chi connectivity index (χ4n) is 3.82. The molecule has 0 spiro atoms. The predicted molar refractivity (Wildman–Crippen MR) is 98.1 cm³/mol. The zero-order valence-electron chi connectivity index (χ0n) is 15.2. The maximum absolute atomic E-state index is 12.5. The fourth-order valence-corrected chi connectivity index (χ4v) is 3.82. The monoisotopic (exact) mass is 355 g/mol. The third-order valence-electron chi connectivity index (χ3n) is 5.36. The minimum absolute atomic E-state index is 0.190. The van der Waals surface area contributed by atoms with Gasteiger partial charge < -0.3 is 19.5 Å². The molecular weight excluding hydrogens is 330 g/mol. The van der Waals surface area contributed by atoms with Gasteiger partial charge in [-0.05, 0) is 44.9 Å². The summed E-state index contributed by atoms with van der Waals surface area (Å²) in [6, 6.07) is 8.29. The van der Waals surface area contributed by atoms with E-state index in [9.17, 15) is 4.79 Å². The summed E-state index contributed by atoms with van der Waals surface area (Å²) in [5.41, 5.74) is 1.91. The number of hydrogen-bond donors (Lipinski definition) is 1. The Balaban J connectivity index is 1.34. The van der Waals surface area contributed by atoms with Crippen LogP contribution in [0, 0.1) is 0 Å². The number of benzene rings is 1. The molecule has 1 unspecified atom stereocenters. The van der Waals surface area contributed by atoms with Gasteiger partial charge in [-0.15, -0.1) is 0 Å². The summed E-state index contributed by atoms with van der Waals surface area (Å²) >= 11 is 0. The van der Waals surface area contributed by atoms with Gasteiger partial charge in [-0.2, -0.15) is 0 Å². The van der Waals surface area contributed by atoms with E-state index >= 15 is 0 Å². The number of fused-ring (bicyclic) bond motifs is 3. The molecule has 6 heteroatoms. The van der Waals surface area contributed by atoms with Crippen LogP contribution in [0.1, 0.15) is 48.7 Å². The quantitative estimate of drug-likeness (QED) is 0.834. The Morgan fingerprint density at radius 3 is 3.12 bits per heavy atom. The number of ether oxygens (including phenoxy) is 1. The lowest BCUT2D eigenvalue weighted by Crippen LogP contribution is -2.39. The number of hydrogen-bond acceptors (Lipinski definition) is 5. The molecule has 0 aliphatic carbocycles. The highest BCUT2D eigenvalue weighted by molar-refractivity contribution is 5.95. The van der Waals surface area contributed by atoms with Crippen LogP contribution in [0.5, 0.6) is 5.75 Å². The lowest BCUT2D eigenvalue weighted by Gasteiger charge is -2.33. The van der Waals surface area contributed by atoms with E-state index in [0.717, 1.165) is 29.8 Å². The molecule has 1 aromatic heterocycles. The molecule has 1 aromatic carbocycles. The van der Waals surface area contributed by atoms with Gasteiger partial charge >= 0.3 is 0 Å². The second-order valence-electron chi connectivity index (χ2n) is 7.11. The van der Waals surface area contributed by atoms with E-state index in [1.165, 1.54) is 25.8 Å². The van der Waals surface area contributed by atoms with Gasteiger partial charge in [0, 0.05) is 19.1 Å². The van der Waals surface area contributed by atoms with Crippen molar-refractivity contribution in [2.75, 3.05) is 19.6 Å². The van der Waals surface area contributed by atoms with Gasteiger partial charge in [0.25, 0.3) is 5.91 Å². The van der Waals surface area contributed by atoms with Crippen LogP contribution < -0.4 is 10.1 Å². The van der Waals surface area contributed by atoms with Gasteiger partial charge in [0.05, 0.1) is 11.1 Å². The molecule has 2 aliphatic rings. The molecule has 2 aliphatic heterocycles.